The lowest BCUT2D eigenvalue weighted by Crippen LogP contribution is -2.49. The summed E-state index contributed by atoms with van der Waals surface area (Å²) in [5.41, 5.74) is 5.60. The summed E-state index contributed by atoms with van der Waals surface area (Å²) in [5, 5.41) is 0. The van der Waals surface area contributed by atoms with Crippen LogP contribution in [0.4, 0.5) is 0 Å². The van der Waals surface area contributed by atoms with E-state index in [0.717, 1.165) is 45.1 Å². The molecule has 1 atom stereocenters. The van der Waals surface area contributed by atoms with E-state index in [-0.39, 0.29) is 17.4 Å². The number of ether oxygens (including phenoxy) is 1. The van der Waals surface area contributed by atoms with Gasteiger partial charge in [0.2, 0.25) is 5.91 Å². The third kappa shape index (κ3) is 4.45. The Labute approximate surface area is 124 Å². The van der Waals surface area contributed by atoms with Gasteiger partial charge < -0.3 is 15.4 Å². The van der Waals surface area contributed by atoms with Crippen LogP contribution in [0.15, 0.2) is 0 Å². The fraction of sp³-hybridized carbons (Fsp3) is 0.938. The van der Waals surface area contributed by atoms with Gasteiger partial charge in [0, 0.05) is 26.7 Å². The van der Waals surface area contributed by atoms with Gasteiger partial charge >= 0.3 is 0 Å². The van der Waals surface area contributed by atoms with Crippen molar-refractivity contribution in [2.45, 2.75) is 64.9 Å². The van der Waals surface area contributed by atoms with Crippen molar-refractivity contribution in [3.8, 4) is 0 Å². The fourth-order valence-electron chi connectivity index (χ4n) is 3.33. The minimum absolute atomic E-state index is 0.205. The summed E-state index contributed by atoms with van der Waals surface area (Å²) in [6, 6.07) is 0. The highest BCUT2D eigenvalue weighted by Crippen LogP contribution is 2.31. The first kappa shape index (κ1) is 17.4. The molecule has 118 valence electrons. The van der Waals surface area contributed by atoms with Crippen LogP contribution in [0.2, 0.25) is 0 Å². The molecule has 1 amide bonds. The van der Waals surface area contributed by atoms with Crippen molar-refractivity contribution in [3.05, 3.63) is 0 Å². The van der Waals surface area contributed by atoms with E-state index in [1.165, 1.54) is 6.42 Å². The summed E-state index contributed by atoms with van der Waals surface area (Å²) in [6.07, 6.45) is 7.38. The van der Waals surface area contributed by atoms with Crippen molar-refractivity contribution < 1.29 is 9.53 Å². The number of likely N-dealkylation sites (N-methyl/N-ethyl adjacent to an activating group) is 1. The highest BCUT2D eigenvalue weighted by Gasteiger charge is 2.37. The molecule has 0 radical (unpaired) electrons. The number of hydrogen-bond acceptors (Lipinski definition) is 3. The van der Waals surface area contributed by atoms with Crippen LogP contribution in [-0.4, -0.2) is 43.7 Å². The molecule has 0 aromatic rings. The molecule has 0 aromatic carbocycles. The maximum atomic E-state index is 12.8. The summed E-state index contributed by atoms with van der Waals surface area (Å²) in [4.78, 5) is 14.7. The first-order chi connectivity index (χ1) is 9.59. The van der Waals surface area contributed by atoms with Gasteiger partial charge in [0.1, 0.15) is 0 Å². The molecule has 4 heteroatoms. The Morgan fingerprint density at radius 2 is 1.95 bits per heavy atom. The Balaban J connectivity index is 2.66. The summed E-state index contributed by atoms with van der Waals surface area (Å²) in [7, 11) is 1.90. The van der Waals surface area contributed by atoms with Crippen LogP contribution in [0, 0.1) is 5.41 Å². The molecular formula is C16H32N2O2. The van der Waals surface area contributed by atoms with Crippen LogP contribution in [0.25, 0.3) is 0 Å². The molecule has 0 bridgehead atoms. The fourth-order valence-corrected chi connectivity index (χ4v) is 3.33. The van der Waals surface area contributed by atoms with E-state index >= 15 is 0 Å². The normalized spacial score (nSPS) is 19.9. The van der Waals surface area contributed by atoms with Gasteiger partial charge in [0.25, 0.3) is 0 Å². The second-order valence-electron chi connectivity index (χ2n) is 6.16. The predicted octanol–water partition coefficient (Wildman–Crippen LogP) is 2.56. The molecule has 1 rings (SSSR count). The minimum atomic E-state index is -0.368. The van der Waals surface area contributed by atoms with E-state index in [9.17, 15) is 4.79 Å². The van der Waals surface area contributed by atoms with Crippen molar-refractivity contribution in [1.82, 2.24) is 4.90 Å². The Kier molecular flexibility index (Phi) is 7.52. The van der Waals surface area contributed by atoms with Gasteiger partial charge in [-0.1, -0.05) is 26.7 Å². The maximum absolute atomic E-state index is 12.8. The largest absolute Gasteiger partial charge is 0.376 e. The summed E-state index contributed by atoms with van der Waals surface area (Å²) in [6.45, 7) is 6.23. The third-order valence-electron chi connectivity index (χ3n) is 4.40. The highest BCUT2D eigenvalue weighted by molar-refractivity contribution is 5.82. The van der Waals surface area contributed by atoms with Gasteiger partial charge in [0.05, 0.1) is 11.5 Å². The molecule has 0 aromatic heterocycles. The molecule has 4 nitrogen and oxygen atoms in total. The van der Waals surface area contributed by atoms with E-state index in [4.69, 9.17) is 10.5 Å². The van der Waals surface area contributed by atoms with Crippen LogP contribution in [-0.2, 0) is 9.53 Å². The highest BCUT2D eigenvalue weighted by atomic mass is 16.5. The number of nitrogens with zero attached hydrogens (tertiary/aromatic N) is 1. The van der Waals surface area contributed by atoms with Crippen LogP contribution in [0.5, 0.6) is 0 Å². The molecule has 2 N–H and O–H groups in total. The first-order valence-electron chi connectivity index (χ1n) is 8.17. The molecule has 1 heterocycles. The zero-order chi connectivity index (χ0) is 15.0. The SMILES string of the molecule is CCCC(CN)(CCC)C(=O)N(C)CC1CCCCO1. The number of nitrogens with two attached hydrogens (primary N) is 1. The molecule has 0 aliphatic carbocycles. The number of rotatable bonds is 8. The smallest absolute Gasteiger partial charge is 0.229 e. The number of carbonyl (C=O) groups is 1. The monoisotopic (exact) mass is 284 g/mol. The summed E-state index contributed by atoms with van der Waals surface area (Å²) < 4.78 is 5.74. The molecule has 1 aliphatic heterocycles. The van der Waals surface area contributed by atoms with Gasteiger partial charge in [0.15, 0.2) is 0 Å². The zero-order valence-electron chi connectivity index (χ0n) is 13.5. The van der Waals surface area contributed by atoms with Crippen molar-refractivity contribution in [2.24, 2.45) is 11.1 Å². The van der Waals surface area contributed by atoms with Crippen molar-refractivity contribution in [3.63, 3.8) is 0 Å². The Morgan fingerprint density at radius 1 is 1.30 bits per heavy atom. The zero-order valence-corrected chi connectivity index (χ0v) is 13.5. The van der Waals surface area contributed by atoms with Gasteiger partial charge in [-0.3, -0.25) is 4.79 Å². The molecule has 1 fully saturated rings. The van der Waals surface area contributed by atoms with E-state index < -0.39 is 0 Å². The topological polar surface area (TPSA) is 55.6 Å². The predicted molar refractivity (Wildman–Crippen MR) is 82.5 cm³/mol. The summed E-state index contributed by atoms with van der Waals surface area (Å²) >= 11 is 0. The Bertz CT molecular complexity index is 282. The van der Waals surface area contributed by atoms with E-state index in [1.807, 2.05) is 11.9 Å². The van der Waals surface area contributed by atoms with E-state index in [1.54, 1.807) is 0 Å². The lowest BCUT2D eigenvalue weighted by atomic mass is 9.78. The Morgan fingerprint density at radius 3 is 2.40 bits per heavy atom. The van der Waals surface area contributed by atoms with Crippen LogP contribution in [0.3, 0.4) is 0 Å². The lowest BCUT2D eigenvalue weighted by Gasteiger charge is -2.36. The van der Waals surface area contributed by atoms with Gasteiger partial charge in [-0.05, 0) is 32.1 Å². The average molecular weight is 284 g/mol. The van der Waals surface area contributed by atoms with Gasteiger partial charge in [-0.2, -0.15) is 0 Å². The van der Waals surface area contributed by atoms with Gasteiger partial charge in [-0.15, -0.1) is 0 Å². The van der Waals surface area contributed by atoms with Crippen LogP contribution >= 0.6 is 0 Å². The van der Waals surface area contributed by atoms with Gasteiger partial charge in [-0.25, -0.2) is 0 Å². The second kappa shape index (κ2) is 8.63. The molecular weight excluding hydrogens is 252 g/mol. The number of amides is 1. The minimum Gasteiger partial charge on any atom is -0.376 e. The summed E-state index contributed by atoms with van der Waals surface area (Å²) in [5.74, 6) is 0.206. The number of carbonyl (C=O) groups excluding carboxylic acids is 1. The lowest BCUT2D eigenvalue weighted by molar-refractivity contribution is -0.143. The van der Waals surface area contributed by atoms with E-state index in [0.29, 0.717) is 13.1 Å². The Hall–Kier alpha value is -0.610. The average Bonchev–Trinajstić information content (AvgIpc) is 2.47. The number of hydrogen-bond donors (Lipinski definition) is 1. The standard InChI is InChI=1S/C16H32N2O2/c1-4-9-16(13-17,10-5-2)15(19)18(3)12-14-8-6-7-11-20-14/h14H,4-13,17H2,1-3H3. The van der Waals surface area contributed by atoms with Crippen LogP contribution < -0.4 is 5.73 Å². The van der Waals surface area contributed by atoms with E-state index in [2.05, 4.69) is 13.8 Å². The van der Waals surface area contributed by atoms with Crippen molar-refractivity contribution >= 4 is 5.91 Å². The molecule has 0 spiro atoms. The maximum Gasteiger partial charge on any atom is 0.229 e. The molecule has 20 heavy (non-hydrogen) atoms. The second-order valence-corrected chi connectivity index (χ2v) is 6.16. The molecule has 1 saturated heterocycles. The third-order valence-corrected chi connectivity index (χ3v) is 4.40. The molecule has 0 saturated carbocycles. The molecule has 1 unspecified atom stereocenters. The van der Waals surface area contributed by atoms with Crippen LogP contribution in [0.1, 0.15) is 58.8 Å². The quantitative estimate of drug-likeness (QED) is 0.745. The first-order valence-corrected chi connectivity index (χ1v) is 8.17. The van der Waals surface area contributed by atoms with Crippen molar-refractivity contribution in [1.29, 1.82) is 0 Å². The molecule has 1 aliphatic rings. The van der Waals surface area contributed by atoms with Crippen molar-refractivity contribution in [2.75, 3.05) is 26.7 Å².